The van der Waals surface area contributed by atoms with E-state index < -0.39 is 5.82 Å². The molecule has 1 atom stereocenters. The van der Waals surface area contributed by atoms with Crippen LogP contribution in [0.25, 0.3) is 5.69 Å². The number of amides is 1. The van der Waals surface area contributed by atoms with Crippen LogP contribution in [0, 0.1) is 11.7 Å². The minimum absolute atomic E-state index is 0.0156. The lowest BCUT2D eigenvalue weighted by molar-refractivity contribution is -0.125. The van der Waals surface area contributed by atoms with Gasteiger partial charge in [-0.2, -0.15) is 4.68 Å². The summed E-state index contributed by atoms with van der Waals surface area (Å²) in [5.74, 6) is -0.0541. The molecule has 0 unspecified atom stereocenters. The Balaban J connectivity index is 1.45. The maximum absolute atomic E-state index is 13.6. The largest absolute Gasteiger partial charge is 0.354 e. The number of benzene rings is 2. The first kappa shape index (κ1) is 21.1. The van der Waals surface area contributed by atoms with Gasteiger partial charge in [0.25, 0.3) is 5.56 Å². The standard InChI is InChI=1S/C23H22ClFN4O2/c24-18-8-6-16(7-9-18)14-26-23(31)17-3-2-12-28(15-17)21-10-11-22(30)29(27-21)20-5-1-4-19(25)13-20/h1,4-11,13,17H,2-3,12,14-15H2,(H,26,31)/t17-/m0/s1. The van der Waals surface area contributed by atoms with Crippen LogP contribution in [0.15, 0.2) is 65.5 Å². The second-order valence-electron chi connectivity index (χ2n) is 7.55. The predicted octanol–water partition coefficient (Wildman–Crippen LogP) is 3.56. The van der Waals surface area contributed by atoms with E-state index in [1.165, 1.54) is 28.9 Å². The zero-order valence-corrected chi connectivity index (χ0v) is 17.6. The minimum atomic E-state index is -0.438. The molecule has 31 heavy (non-hydrogen) atoms. The van der Waals surface area contributed by atoms with Gasteiger partial charge in [-0.25, -0.2) is 4.39 Å². The van der Waals surface area contributed by atoms with E-state index in [2.05, 4.69) is 10.4 Å². The highest BCUT2D eigenvalue weighted by atomic mass is 35.5. The number of aromatic nitrogens is 2. The van der Waals surface area contributed by atoms with Crippen LogP contribution in [0.2, 0.25) is 5.02 Å². The van der Waals surface area contributed by atoms with Crippen molar-refractivity contribution in [1.29, 1.82) is 0 Å². The van der Waals surface area contributed by atoms with Crippen molar-refractivity contribution in [3.8, 4) is 5.69 Å². The maximum Gasteiger partial charge on any atom is 0.271 e. The van der Waals surface area contributed by atoms with Gasteiger partial charge in [-0.1, -0.05) is 29.8 Å². The SMILES string of the molecule is O=C(NCc1ccc(Cl)cc1)[C@H]1CCCN(c2ccc(=O)n(-c3cccc(F)c3)n2)C1. The van der Waals surface area contributed by atoms with E-state index in [0.717, 1.165) is 24.9 Å². The van der Waals surface area contributed by atoms with Crippen molar-refractivity contribution in [1.82, 2.24) is 15.1 Å². The fourth-order valence-electron chi connectivity index (χ4n) is 3.70. The Morgan fingerprint density at radius 1 is 1.16 bits per heavy atom. The molecular weight excluding hydrogens is 419 g/mol. The summed E-state index contributed by atoms with van der Waals surface area (Å²) in [4.78, 5) is 27.0. The Hall–Kier alpha value is -3.19. The molecule has 6 nitrogen and oxygen atoms in total. The van der Waals surface area contributed by atoms with Crippen LogP contribution in [0.4, 0.5) is 10.2 Å². The maximum atomic E-state index is 13.6. The van der Waals surface area contributed by atoms with Crippen molar-refractivity contribution in [2.75, 3.05) is 18.0 Å². The first-order valence-corrected chi connectivity index (χ1v) is 10.5. The molecule has 160 valence electrons. The number of nitrogens with zero attached hydrogens (tertiary/aromatic N) is 3. The van der Waals surface area contributed by atoms with Gasteiger partial charge in [0.2, 0.25) is 5.91 Å². The molecule has 1 aliphatic rings. The number of nitrogens with one attached hydrogen (secondary N) is 1. The third-order valence-electron chi connectivity index (χ3n) is 5.34. The predicted molar refractivity (Wildman–Crippen MR) is 118 cm³/mol. The van der Waals surface area contributed by atoms with Crippen LogP contribution >= 0.6 is 11.6 Å². The van der Waals surface area contributed by atoms with Crippen LogP contribution in [0.5, 0.6) is 0 Å². The molecule has 0 bridgehead atoms. The first-order valence-electron chi connectivity index (χ1n) is 10.1. The van der Waals surface area contributed by atoms with Gasteiger partial charge < -0.3 is 10.2 Å². The fourth-order valence-corrected chi connectivity index (χ4v) is 3.82. The van der Waals surface area contributed by atoms with Gasteiger partial charge in [-0.15, -0.1) is 5.10 Å². The Morgan fingerprint density at radius 3 is 2.74 bits per heavy atom. The lowest BCUT2D eigenvalue weighted by atomic mass is 9.97. The Bertz CT molecular complexity index is 1130. The zero-order valence-electron chi connectivity index (χ0n) is 16.8. The average molecular weight is 441 g/mol. The van der Waals surface area contributed by atoms with Crippen molar-refractivity contribution in [2.45, 2.75) is 19.4 Å². The summed E-state index contributed by atoms with van der Waals surface area (Å²) >= 11 is 5.90. The van der Waals surface area contributed by atoms with Crippen molar-refractivity contribution < 1.29 is 9.18 Å². The first-order chi connectivity index (χ1) is 15.0. The number of rotatable bonds is 5. The quantitative estimate of drug-likeness (QED) is 0.658. The van der Waals surface area contributed by atoms with Gasteiger partial charge in [0.15, 0.2) is 0 Å². The number of piperidine rings is 1. The highest BCUT2D eigenvalue weighted by molar-refractivity contribution is 6.30. The Labute approximate surface area is 184 Å². The van der Waals surface area contributed by atoms with Gasteiger partial charge in [-0.3, -0.25) is 9.59 Å². The summed E-state index contributed by atoms with van der Waals surface area (Å²) in [7, 11) is 0. The van der Waals surface area contributed by atoms with E-state index >= 15 is 0 Å². The smallest absolute Gasteiger partial charge is 0.271 e. The van der Waals surface area contributed by atoms with Crippen molar-refractivity contribution >= 4 is 23.3 Å². The fraction of sp³-hybridized carbons (Fsp3) is 0.261. The van der Waals surface area contributed by atoms with Gasteiger partial charge in [-0.05, 0) is 54.8 Å². The highest BCUT2D eigenvalue weighted by Crippen LogP contribution is 2.22. The Kier molecular flexibility index (Phi) is 6.32. The van der Waals surface area contributed by atoms with E-state index in [9.17, 15) is 14.0 Å². The average Bonchev–Trinajstić information content (AvgIpc) is 2.79. The van der Waals surface area contributed by atoms with E-state index in [-0.39, 0.29) is 17.4 Å². The molecule has 1 aromatic heterocycles. The van der Waals surface area contributed by atoms with Gasteiger partial charge in [0.05, 0.1) is 11.6 Å². The molecule has 0 spiro atoms. The van der Waals surface area contributed by atoms with Gasteiger partial charge >= 0.3 is 0 Å². The molecule has 2 heterocycles. The summed E-state index contributed by atoms with van der Waals surface area (Å²) in [6.45, 7) is 1.67. The molecule has 2 aromatic carbocycles. The van der Waals surface area contributed by atoms with E-state index in [0.29, 0.717) is 29.6 Å². The summed E-state index contributed by atoms with van der Waals surface area (Å²) in [6, 6.07) is 16.2. The number of hydrogen-bond donors (Lipinski definition) is 1. The van der Waals surface area contributed by atoms with E-state index in [1.54, 1.807) is 24.3 Å². The molecule has 0 aliphatic carbocycles. The molecule has 1 aliphatic heterocycles. The van der Waals surface area contributed by atoms with Gasteiger partial charge in [0, 0.05) is 30.7 Å². The second kappa shape index (κ2) is 9.31. The van der Waals surface area contributed by atoms with E-state index in [1.807, 2.05) is 17.0 Å². The van der Waals surface area contributed by atoms with Crippen LogP contribution < -0.4 is 15.8 Å². The number of hydrogen-bond acceptors (Lipinski definition) is 4. The van der Waals surface area contributed by atoms with Gasteiger partial charge in [0.1, 0.15) is 11.6 Å². The molecule has 1 amide bonds. The number of carbonyl (C=O) groups is 1. The van der Waals surface area contributed by atoms with Crippen LogP contribution in [0.1, 0.15) is 18.4 Å². The second-order valence-corrected chi connectivity index (χ2v) is 7.99. The van der Waals surface area contributed by atoms with Crippen molar-refractivity contribution in [2.24, 2.45) is 5.92 Å². The van der Waals surface area contributed by atoms with Crippen molar-refractivity contribution in [3.05, 3.63) is 87.4 Å². The highest BCUT2D eigenvalue weighted by Gasteiger charge is 2.26. The van der Waals surface area contributed by atoms with Crippen LogP contribution in [0.3, 0.4) is 0 Å². The molecule has 1 saturated heterocycles. The summed E-state index contributed by atoms with van der Waals surface area (Å²) < 4.78 is 14.8. The van der Waals surface area contributed by atoms with Crippen LogP contribution in [-0.2, 0) is 11.3 Å². The normalized spacial score (nSPS) is 16.2. The lowest BCUT2D eigenvalue weighted by Gasteiger charge is -2.33. The number of anilines is 1. The van der Waals surface area contributed by atoms with Crippen LogP contribution in [-0.4, -0.2) is 28.8 Å². The third kappa shape index (κ3) is 5.11. The molecule has 1 fully saturated rings. The molecule has 8 heteroatoms. The summed E-state index contributed by atoms with van der Waals surface area (Å²) in [6.07, 6.45) is 1.62. The molecule has 3 aromatic rings. The monoisotopic (exact) mass is 440 g/mol. The number of halogens is 2. The van der Waals surface area contributed by atoms with Crippen molar-refractivity contribution in [3.63, 3.8) is 0 Å². The Morgan fingerprint density at radius 2 is 1.97 bits per heavy atom. The molecule has 1 N–H and O–H groups in total. The van der Waals surface area contributed by atoms with E-state index in [4.69, 9.17) is 11.6 Å². The third-order valence-corrected chi connectivity index (χ3v) is 5.59. The minimum Gasteiger partial charge on any atom is -0.354 e. The number of carbonyl (C=O) groups excluding carboxylic acids is 1. The zero-order chi connectivity index (χ0) is 21.8. The topological polar surface area (TPSA) is 67.2 Å². The lowest BCUT2D eigenvalue weighted by Crippen LogP contribution is -2.43. The summed E-state index contributed by atoms with van der Waals surface area (Å²) in [5, 5.41) is 8.07. The molecule has 4 rings (SSSR count). The molecule has 0 radical (unpaired) electrons. The molecular formula is C23H22ClFN4O2. The summed E-state index contributed by atoms with van der Waals surface area (Å²) in [5.41, 5.74) is 0.999. The molecule has 0 saturated carbocycles.